The van der Waals surface area contributed by atoms with Crippen LogP contribution in [0.2, 0.25) is 0 Å². The third-order valence-electron chi connectivity index (χ3n) is 3.26. The molecule has 1 aliphatic heterocycles. The number of nitrogens with zero attached hydrogens (tertiary/aromatic N) is 2. The van der Waals surface area contributed by atoms with Crippen molar-refractivity contribution in [1.82, 2.24) is 20.4 Å². The number of carbonyl (C=O) groups is 2. The van der Waals surface area contributed by atoms with Gasteiger partial charge < -0.3 is 15.4 Å². The topological polar surface area (TPSA) is 97.3 Å². The first-order valence-corrected chi connectivity index (χ1v) is 7.10. The Balaban J connectivity index is 0.00000288. The molecule has 0 aromatic carbocycles. The molecule has 1 saturated heterocycles. The number of nitrogens with one attached hydrogen (secondary N) is 3. The summed E-state index contributed by atoms with van der Waals surface area (Å²) in [6.45, 7) is 0.276. The van der Waals surface area contributed by atoms with Gasteiger partial charge in [0, 0.05) is 26.3 Å². The quantitative estimate of drug-likeness (QED) is 0.590. The van der Waals surface area contributed by atoms with Gasteiger partial charge in [0.2, 0.25) is 11.8 Å². The van der Waals surface area contributed by atoms with Crippen molar-refractivity contribution in [2.24, 2.45) is 0 Å². The monoisotopic (exact) mass is 367 g/mol. The van der Waals surface area contributed by atoms with Crippen LogP contribution in [0.4, 0.5) is 14.5 Å². The van der Waals surface area contributed by atoms with Crippen LogP contribution in [0.15, 0.2) is 12.4 Å². The Bertz CT molecular complexity index is 570. The average Bonchev–Trinajstić information content (AvgIpc) is 3.05. The molecule has 0 spiro atoms. The van der Waals surface area contributed by atoms with E-state index in [4.69, 9.17) is 4.74 Å². The molecule has 1 aliphatic rings. The first-order valence-electron chi connectivity index (χ1n) is 7.10. The molecule has 136 valence electrons. The predicted molar refractivity (Wildman–Crippen MR) is 84.3 cm³/mol. The maximum atomic E-state index is 13.1. The molecule has 11 heteroatoms. The van der Waals surface area contributed by atoms with Gasteiger partial charge >= 0.3 is 0 Å². The third kappa shape index (κ3) is 6.02. The molecule has 1 fully saturated rings. The van der Waals surface area contributed by atoms with E-state index in [1.165, 1.54) is 24.2 Å². The van der Waals surface area contributed by atoms with Crippen LogP contribution in [0.5, 0.6) is 0 Å². The fraction of sp³-hybridized carbons (Fsp3) is 0.615. The molecule has 8 nitrogen and oxygen atoms in total. The van der Waals surface area contributed by atoms with Crippen molar-refractivity contribution < 1.29 is 23.1 Å². The minimum atomic E-state index is -2.87. The van der Waals surface area contributed by atoms with Gasteiger partial charge in [-0.3, -0.25) is 19.6 Å². The van der Waals surface area contributed by atoms with E-state index in [0.717, 1.165) is 0 Å². The van der Waals surface area contributed by atoms with Crippen LogP contribution in [0.1, 0.15) is 6.42 Å². The summed E-state index contributed by atoms with van der Waals surface area (Å²) in [6, 6.07) is -0.939. The van der Waals surface area contributed by atoms with Crippen LogP contribution in [0, 0.1) is 0 Å². The molecule has 1 aromatic heterocycles. The number of halogens is 3. The second-order valence-electron chi connectivity index (χ2n) is 5.25. The SMILES string of the molecule is COCCNC(=O)Cn1cc(NC(=O)C2CC(F)(F)CN2)cn1.Cl. The second-order valence-corrected chi connectivity index (χ2v) is 5.25. The molecule has 1 atom stereocenters. The maximum Gasteiger partial charge on any atom is 0.262 e. The Kier molecular flexibility index (Phi) is 7.52. The number of aromatic nitrogens is 2. The van der Waals surface area contributed by atoms with Crippen molar-refractivity contribution in [2.45, 2.75) is 24.9 Å². The lowest BCUT2D eigenvalue weighted by atomic mass is 10.2. The summed E-state index contributed by atoms with van der Waals surface area (Å²) in [6.07, 6.45) is 2.28. The first kappa shape index (κ1) is 20.3. The smallest absolute Gasteiger partial charge is 0.262 e. The zero-order valence-corrected chi connectivity index (χ0v) is 13.9. The fourth-order valence-corrected chi connectivity index (χ4v) is 2.14. The van der Waals surface area contributed by atoms with Gasteiger partial charge in [-0.15, -0.1) is 12.4 Å². The Hall–Kier alpha value is -1.78. The van der Waals surface area contributed by atoms with Crippen molar-refractivity contribution in [3.63, 3.8) is 0 Å². The van der Waals surface area contributed by atoms with Crippen molar-refractivity contribution in [3.8, 4) is 0 Å². The van der Waals surface area contributed by atoms with E-state index in [1.54, 1.807) is 0 Å². The van der Waals surface area contributed by atoms with Crippen molar-refractivity contribution in [1.29, 1.82) is 0 Å². The molecule has 0 radical (unpaired) electrons. The highest BCUT2D eigenvalue weighted by Gasteiger charge is 2.42. The highest BCUT2D eigenvalue weighted by atomic mass is 35.5. The minimum Gasteiger partial charge on any atom is -0.383 e. The number of carbonyl (C=O) groups excluding carboxylic acids is 2. The Labute approximate surface area is 143 Å². The van der Waals surface area contributed by atoms with Crippen LogP contribution in [0.3, 0.4) is 0 Å². The molecule has 0 aliphatic carbocycles. The van der Waals surface area contributed by atoms with Gasteiger partial charge in [0.1, 0.15) is 6.54 Å². The van der Waals surface area contributed by atoms with Gasteiger partial charge in [0.05, 0.1) is 31.1 Å². The summed E-state index contributed by atoms with van der Waals surface area (Å²) >= 11 is 0. The number of hydrogen-bond acceptors (Lipinski definition) is 5. The first-order chi connectivity index (χ1) is 10.9. The summed E-state index contributed by atoms with van der Waals surface area (Å²) in [5.74, 6) is -3.67. The zero-order valence-electron chi connectivity index (χ0n) is 13.1. The predicted octanol–water partition coefficient (Wildman–Crippen LogP) is 0.00320. The van der Waals surface area contributed by atoms with Crippen LogP contribution < -0.4 is 16.0 Å². The lowest BCUT2D eigenvalue weighted by Gasteiger charge is -2.09. The van der Waals surface area contributed by atoms with Crippen molar-refractivity contribution >= 4 is 29.9 Å². The number of anilines is 1. The Morgan fingerprint density at radius 2 is 2.29 bits per heavy atom. The standard InChI is InChI=1S/C13H19F2N5O3.ClH/c1-23-3-2-16-11(21)7-20-6-9(5-18-20)19-12(22)10-4-13(14,15)8-17-10;/h5-6,10,17H,2-4,7-8H2,1H3,(H,16,21)(H,19,22);1H. The lowest BCUT2D eigenvalue weighted by Crippen LogP contribution is -2.35. The summed E-state index contributed by atoms with van der Waals surface area (Å²) in [5.41, 5.74) is 0.344. The summed E-state index contributed by atoms with van der Waals surface area (Å²) < 4.78 is 32.3. The van der Waals surface area contributed by atoms with Gasteiger partial charge in [-0.25, -0.2) is 8.78 Å². The van der Waals surface area contributed by atoms with E-state index >= 15 is 0 Å². The molecular weight excluding hydrogens is 348 g/mol. The maximum absolute atomic E-state index is 13.1. The van der Waals surface area contributed by atoms with E-state index in [0.29, 0.717) is 18.8 Å². The lowest BCUT2D eigenvalue weighted by molar-refractivity contribution is -0.122. The third-order valence-corrected chi connectivity index (χ3v) is 3.26. The van der Waals surface area contributed by atoms with E-state index < -0.39 is 30.8 Å². The molecule has 0 bridgehead atoms. The largest absolute Gasteiger partial charge is 0.383 e. The second kappa shape index (κ2) is 8.90. The summed E-state index contributed by atoms with van der Waals surface area (Å²) in [7, 11) is 1.53. The number of rotatable bonds is 7. The molecule has 3 N–H and O–H groups in total. The van der Waals surface area contributed by atoms with Crippen LogP contribution in [-0.2, 0) is 20.9 Å². The molecule has 2 heterocycles. The highest BCUT2D eigenvalue weighted by molar-refractivity contribution is 5.95. The molecule has 2 amide bonds. The number of alkyl halides is 2. The number of hydrogen-bond donors (Lipinski definition) is 3. The zero-order chi connectivity index (χ0) is 16.9. The number of methoxy groups -OCH3 is 1. The van der Waals surface area contributed by atoms with Crippen LogP contribution >= 0.6 is 12.4 Å². The summed E-state index contributed by atoms with van der Waals surface area (Å²) in [4.78, 5) is 23.5. The van der Waals surface area contributed by atoms with Gasteiger partial charge in [-0.2, -0.15) is 5.10 Å². The molecular formula is C13H20ClF2N5O3. The van der Waals surface area contributed by atoms with E-state index in [2.05, 4.69) is 21.0 Å². The van der Waals surface area contributed by atoms with E-state index in [9.17, 15) is 18.4 Å². The normalized spacial score (nSPS) is 18.7. The molecule has 1 aromatic rings. The number of amides is 2. The minimum absolute atomic E-state index is 0. The molecule has 0 saturated carbocycles. The molecule has 24 heavy (non-hydrogen) atoms. The summed E-state index contributed by atoms with van der Waals surface area (Å²) in [5, 5.41) is 11.5. The van der Waals surface area contributed by atoms with Gasteiger partial charge in [-0.1, -0.05) is 0 Å². The van der Waals surface area contributed by atoms with E-state index in [-0.39, 0.29) is 24.9 Å². The van der Waals surface area contributed by atoms with Gasteiger partial charge in [0.25, 0.3) is 5.92 Å². The fourth-order valence-electron chi connectivity index (χ4n) is 2.14. The van der Waals surface area contributed by atoms with Gasteiger partial charge in [0.15, 0.2) is 0 Å². The van der Waals surface area contributed by atoms with Gasteiger partial charge in [-0.05, 0) is 0 Å². The van der Waals surface area contributed by atoms with Crippen molar-refractivity contribution in [3.05, 3.63) is 12.4 Å². The Morgan fingerprint density at radius 1 is 1.54 bits per heavy atom. The molecule has 2 rings (SSSR count). The highest BCUT2D eigenvalue weighted by Crippen LogP contribution is 2.25. The Morgan fingerprint density at radius 3 is 2.92 bits per heavy atom. The van der Waals surface area contributed by atoms with Crippen LogP contribution in [0.25, 0.3) is 0 Å². The number of ether oxygens (including phenoxy) is 1. The van der Waals surface area contributed by atoms with Crippen molar-refractivity contribution in [2.75, 3.05) is 32.1 Å². The molecule has 1 unspecified atom stereocenters. The van der Waals surface area contributed by atoms with Crippen LogP contribution in [-0.4, -0.2) is 60.4 Å². The average molecular weight is 368 g/mol. The van der Waals surface area contributed by atoms with E-state index in [1.807, 2.05) is 0 Å².